The molecule has 0 saturated heterocycles. The van der Waals surface area contributed by atoms with Gasteiger partial charge in [-0.05, 0) is 36.4 Å². The van der Waals surface area contributed by atoms with Gasteiger partial charge in [0.25, 0.3) is 0 Å². The van der Waals surface area contributed by atoms with Gasteiger partial charge >= 0.3 is 0 Å². The van der Waals surface area contributed by atoms with Crippen molar-refractivity contribution in [3.8, 4) is 11.5 Å². The molecule has 21 heavy (non-hydrogen) atoms. The Balaban J connectivity index is 2.23. The third-order valence-electron chi connectivity index (χ3n) is 2.96. The fraction of sp³-hybridized carbons (Fsp3) is 0.118. The van der Waals surface area contributed by atoms with E-state index >= 15 is 0 Å². The van der Waals surface area contributed by atoms with Gasteiger partial charge in [-0.15, -0.1) is 0 Å². The Bertz CT molecular complexity index is 677. The van der Waals surface area contributed by atoms with E-state index in [0.717, 1.165) is 5.56 Å². The maximum atomic E-state index is 13.1. The molecule has 0 spiro atoms. The molecule has 2 aromatic rings. The van der Waals surface area contributed by atoms with Crippen LogP contribution in [-0.4, -0.2) is 20.0 Å². The first-order valence-corrected chi connectivity index (χ1v) is 6.34. The van der Waals surface area contributed by atoms with E-state index in [2.05, 4.69) is 0 Å². The van der Waals surface area contributed by atoms with Crippen molar-refractivity contribution in [3.05, 3.63) is 65.5 Å². The lowest BCUT2D eigenvalue weighted by atomic mass is 10.1. The first-order valence-electron chi connectivity index (χ1n) is 6.34. The average molecular weight is 286 g/mol. The molecule has 0 aliphatic heterocycles. The molecule has 0 aromatic heterocycles. The molecular weight excluding hydrogens is 271 g/mol. The third kappa shape index (κ3) is 3.69. The van der Waals surface area contributed by atoms with E-state index in [1.165, 1.54) is 24.3 Å². The highest BCUT2D eigenvalue weighted by Gasteiger charge is 2.05. The SMILES string of the molecule is COc1ccc(/C=C/C(=O)c2cccc(F)c2)c(OC)c1. The second-order valence-corrected chi connectivity index (χ2v) is 4.32. The van der Waals surface area contributed by atoms with Crippen LogP contribution in [0.15, 0.2) is 48.5 Å². The van der Waals surface area contributed by atoms with E-state index in [1.54, 1.807) is 44.6 Å². The summed E-state index contributed by atoms with van der Waals surface area (Å²) >= 11 is 0. The van der Waals surface area contributed by atoms with Gasteiger partial charge in [-0.1, -0.05) is 12.1 Å². The molecule has 4 heteroatoms. The topological polar surface area (TPSA) is 35.5 Å². The summed E-state index contributed by atoms with van der Waals surface area (Å²) in [5.74, 6) is 0.557. The van der Waals surface area contributed by atoms with E-state index in [0.29, 0.717) is 17.1 Å². The molecule has 108 valence electrons. The zero-order valence-corrected chi connectivity index (χ0v) is 11.8. The van der Waals surface area contributed by atoms with E-state index in [1.807, 2.05) is 0 Å². The quantitative estimate of drug-likeness (QED) is 0.620. The second kappa shape index (κ2) is 6.70. The molecule has 3 nitrogen and oxygen atoms in total. The summed E-state index contributed by atoms with van der Waals surface area (Å²) in [6.07, 6.45) is 3.02. The molecule has 0 saturated carbocycles. The lowest BCUT2D eigenvalue weighted by Crippen LogP contribution is -1.95. The number of benzene rings is 2. The fourth-order valence-electron chi connectivity index (χ4n) is 1.86. The number of carbonyl (C=O) groups is 1. The minimum atomic E-state index is -0.434. The van der Waals surface area contributed by atoms with Gasteiger partial charge in [0.2, 0.25) is 0 Å². The van der Waals surface area contributed by atoms with Gasteiger partial charge in [0.1, 0.15) is 17.3 Å². The minimum Gasteiger partial charge on any atom is -0.497 e. The number of ketones is 1. The Morgan fingerprint density at radius 3 is 2.57 bits per heavy atom. The van der Waals surface area contributed by atoms with Crippen LogP contribution in [0.1, 0.15) is 15.9 Å². The van der Waals surface area contributed by atoms with Crippen LogP contribution in [0.25, 0.3) is 6.08 Å². The zero-order valence-electron chi connectivity index (χ0n) is 11.8. The van der Waals surface area contributed by atoms with Gasteiger partial charge in [-0.25, -0.2) is 4.39 Å². The molecule has 0 bridgehead atoms. The molecule has 2 aromatic carbocycles. The van der Waals surface area contributed by atoms with Crippen LogP contribution in [0, 0.1) is 5.82 Å². The lowest BCUT2D eigenvalue weighted by molar-refractivity contribution is 0.104. The van der Waals surface area contributed by atoms with Crippen molar-refractivity contribution in [1.82, 2.24) is 0 Å². The Morgan fingerprint density at radius 2 is 1.90 bits per heavy atom. The number of carbonyl (C=O) groups excluding carboxylic acids is 1. The molecule has 0 fully saturated rings. The van der Waals surface area contributed by atoms with Gasteiger partial charge in [0.15, 0.2) is 5.78 Å². The van der Waals surface area contributed by atoms with E-state index < -0.39 is 5.82 Å². The van der Waals surface area contributed by atoms with Gasteiger partial charge in [0, 0.05) is 17.2 Å². The predicted molar refractivity (Wildman–Crippen MR) is 79.3 cm³/mol. The van der Waals surface area contributed by atoms with Gasteiger partial charge < -0.3 is 9.47 Å². The Morgan fingerprint density at radius 1 is 1.10 bits per heavy atom. The van der Waals surface area contributed by atoms with Crippen molar-refractivity contribution in [2.24, 2.45) is 0 Å². The second-order valence-electron chi connectivity index (χ2n) is 4.32. The number of halogens is 1. The van der Waals surface area contributed by atoms with Crippen LogP contribution in [0.5, 0.6) is 11.5 Å². The molecule has 0 unspecified atom stereocenters. The van der Waals surface area contributed by atoms with Gasteiger partial charge in [-0.2, -0.15) is 0 Å². The summed E-state index contributed by atoms with van der Waals surface area (Å²) in [6, 6.07) is 10.9. The maximum absolute atomic E-state index is 13.1. The summed E-state index contributed by atoms with van der Waals surface area (Å²) in [5, 5.41) is 0. The van der Waals surface area contributed by atoms with E-state index in [9.17, 15) is 9.18 Å². The van der Waals surface area contributed by atoms with Gasteiger partial charge in [0.05, 0.1) is 14.2 Å². The summed E-state index contributed by atoms with van der Waals surface area (Å²) in [5.41, 5.74) is 1.04. The highest BCUT2D eigenvalue weighted by molar-refractivity contribution is 6.06. The molecule has 0 aliphatic rings. The van der Waals surface area contributed by atoms with Crippen molar-refractivity contribution >= 4 is 11.9 Å². The van der Waals surface area contributed by atoms with Crippen molar-refractivity contribution in [1.29, 1.82) is 0 Å². The van der Waals surface area contributed by atoms with Gasteiger partial charge in [-0.3, -0.25) is 4.79 Å². The minimum absolute atomic E-state index is 0.271. The van der Waals surface area contributed by atoms with Crippen molar-refractivity contribution < 1.29 is 18.7 Å². The molecule has 0 atom stereocenters. The lowest BCUT2D eigenvalue weighted by Gasteiger charge is -2.07. The largest absolute Gasteiger partial charge is 0.497 e. The number of hydrogen-bond donors (Lipinski definition) is 0. The van der Waals surface area contributed by atoms with Crippen LogP contribution >= 0.6 is 0 Å². The number of ether oxygens (including phenoxy) is 2. The average Bonchev–Trinajstić information content (AvgIpc) is 2.52. The summed E-state index contributed by atoms with van der Waals surface area (Å²) in [6.45, 7) is 0. The number of rotatable bonds is 5. The molecule has 0 N–H and O–H groups in total. The Kier molecular flexibility index (Phi) is 4.72. The van der Waals surface area contributed by atoms with Crippen LogP contribution < -0.4 is 9.47 Å². The summed E-state index contributed by atoms with van der Waals surface area (Å²) in [4.78, 5) is 12.0. The number of methoxy groups -OCH3 is 2. The molecule has 0 heterocycles. The maximum Gasteiger partial charge on any atom is 0.185 e. The van der Waals surface area contributed by atoms with E-state index in [4.69, 9.17) is 9.47 Å². The Hall–Kier alpha value is -2.62. The van der Waals surface area contributed by atoms with Crippen LogP contribution in [-0.2, 0) is 0 Å². The smallest absolute Gasteiger partial charge is 0.185 e. The molecule has 0 radical (unpaired) electrons. The van der Waals surface area contributed by atoms with E-state index in [-0.39, 0.29) is 5.78 Å². The highest BCUT2D eigenvalue weighted by atomic mass is 19.1. The van der Waals surface area contributed by atoms with Crippen LogP contribution in [0.4, 0.5) is 4.39 Å². The van der Waals surface area contributed by atoms with Crippen molar-refractivity contribution in [3.63, 3.8) is 0 Å². The summed E-state index contributed by atoms with van der Waals surface area (Å²) in [7, 11) is 3.11. The number of hydrogen-bond acceptors (Lipinski definition) is 3. The Labute approximate surface area is 122 Å². The van der Waals surface area contributed by atoms with Crippen molar-refractivity contribution in [2.45, 2.75) is 0 Å². The molecule has 0 aliphatic carbocycles. The highest BCUT2D eigenvalue weighted by Crippen LogP contribution is 2.25. The number of allylic oxidation sites excluding steroid dienone is 1. The first-order chi connectivity index (χ1) is 10.1. The molecule has 2 rings (SSSR count). The van der Waals surface area contributed by atoms with Crippen molar-refractivity contribution in [2.75, 3.05) is 14.2 Å². The molecule has 0 amide bonds. The monoisotopic (exact) mass is 286 g/mol. The standard InChI is InChI=1S/C17H15FO3/c1-20-15-8-6-12(17(11-15)21-2)7-9-16(19)13-4-3-5-14(18)10-13/h3-11H,1-2H3/b9-7+. The molecular formula is C17H15FO3. The first kappa shape index (κ1) is 14.8. The van der Waals surface area contributed by atoms with Crippen LogP contribution in [0.2, 0.25) is 0 Å². The predicted octanol–water partition coefficient (Wildman–Crippen LogP) is 3.74. The normalized spacial score (nSPS) is 10.6. The summed E-state index contributed by atoms with van der Waals surface area (Å²) < 4.78 is 23.4. The third-order valence-corrected chi connectivity index (χ3v) is 2.96. The fourth-order valence-corrected chi connectivity index (χ4v) is 1.86. The zero-order chi connectivity index (χ0) is 15.2. The van der Waals surface area contributed by atoms with Crippen LogP contribution in [0.3, 0.4) is 0 Å².